The molecule has 0 aliphatic rings. The van der Waals surface area contributed by atoms with Crippen LogP contribution in [0.4, 0.5) is 0 Å². The highest BCUT2D eigenvalue weighted by molar-refractivity contribution is 7.26. The molecular weight excluding hydrogens is 1240 g/mol. The van der Waals surface area contributed by atoms with Gasteiger partial charge in [-0.1, -0.05) is 194 Å². The molecule has 15 aromatic carbocycles. The van der Waals surface area contributed by atoms with E-state index in [2.05, 4.69) is 321 Å². The van der Waals surface area contributed by atoms with E-state index in [-0.39, 0.29) is 0 Å². The van der Waals surface area contributed by atoms with Gasteiger partial charge in [0, 0.05) is 134 Å². The Morgan fingerprint density at radius 2 is 0.730 bits per heavy atom. The number of para-hydroxylation sites is 5. The molecule has 8 aromatic heterocycles. The van der Waals surface area contributed by atoms with Crippen LogP contribution >= 0.6 is 11.3 Å². The van der Waals surface area contributed by atoms with Crippen LogP contribution in [0.5, 0.6) is 0 Å². The minimum atomic E-state index is 0.622. The maximum Gasteiger partial charge on any atom is 0.235 e. The number of nitrogens with zero attached hydrogens (tertiary/aromatic N) is 7. The summed E-state index contributed by atoms with van der Waals surface area (Å²) in [6.07, 6.45) is 0. The van der Waals surface area contributed by atoms with Crippen LogP contribution in [-0.4, -0.2) is 43.6 Å². The molecule has 0 aliphatic carbocycles. The Morgan fingerprint density at radius 3 is 1.44 bits per heavy atom. The number of benzene rings is 15. The van der Waals surface area contributed by atoms with Crippen LogP contribution in [0.2, 0.25) is 0 Å². The van der Waals surface area contributed by atoms with Crippen molar-refractivity contribution in [2.45, 2.75) is 0 Å². The molecule has 0 radical (unpaired) electrons. The normalized spacial score (nSPS) is 12.4. The molecule has 0 aliphatic heterocycles. The Morgan fingerprint density at radius 1 is 0.240 bits per heavy atom. The molecule has 100 heavy (non-hydrogen) atoms. The van der Waals surface area contributed by atoms with Crippen molar-refractivity contribution in [3.05, 3.63) is 297 Å². The molecule has 0 amide bonds. The van der Waals surface area contributed by atoms with Gasteiger partial charge in [0.2, 0.25) is 11.9 Å². The van der Waals surface area contributed by atoms with Crippen LogP contribution < -0.4 is 0 Å². The number of H-pyrrole nitrogens is 2. The zero-order chi connectivity index (χ0) is 65.0. The van der Waals surface area contributed by atoms with Gasteiger partial charge in [-0.2, -0.15) is 0 Å². The van der Waals surface area contributed by atoms with Gasteiger partial charge in [0.1, 0.15) is 0 Å². The molecule has 0 bridgehead atoms. The molecule has 0 fully saturated rings. The highest BCUT2D eigenvalue weighted by Crippen LogP contribution is 2.49. The summed E-state index contributed by atoms with van der Waals surface area (Å²) in [6, 6.07) is 108. The predicted molar refractivity (Wildman–Crippen MR) is 419 cm³/mol. The van der Waals surface area contributed by atoms with Crippen molar-refractivity contribution in [1.82, 2.24) is 43.6 Å². The van der Waals surface area contributed by atoms with Gasteiger partial charge in [0.05, 0.1) is 55.5 Å². The zero-order valence-corrected chi connectivity index (χ0v) is 54.1. The van der Waals surface area contributed by atoms with Gasteiger partial charge in [-0.25, -0.2) is 19.9 Å². The Bertz CT molecular complexity index is 7530. The number of aromatic amines is 2. The number of hydrogen-bond donors (Lipinski definition) is 2. The van der Waals surface area contributed by atoms with Gasteiger partial charge in [0.25, 0.3) is 0 Å². The Labute approximate surface area is 572 Å². The van der Waals surface area contributed by atoms with Crippen LogP contribution in [0, 0.1) is 0 Å². The van der Waals surface area contributed by atoms with Crippen molar-refractivity contribution in [2.75, 3.05) is 0 Å². The average Bonchev–Trinajstić information content (AvgIpc) is 1.49. The summed E-state index contributed by atoms with van der Waals surface area (Å²) < 4.78 is 9.60. The van der Waals surface area contributed by atoms with Crippen LogP contribution in [0.3, 0.4) is 0 Å². The quantitative estimate of drug-likeness (QED) is 0.173. The summed E-state index contributed by atoms with van der Waals surface area (Å²) in [6.45, 7) is 0. The summed E-state index contributed by atoms with van der Waals surface area (Å²) in [4.78, 5) is 29.8. The Kier molecular flexibility index (Phi) is 10.9. The molecule has 0 saturated heterocycles. The SMILES string of the molecule is c1ccc(-c2nc(-n3c4ccccc4c4c5c(ccc6c5c5cc7[nH]c8cc(-c9cccc(-c%10nc(-n%11c%12cc%13c(cc%12c%12c%14c(ccc%15sc%16ccccc%16c%15%14)ccc%12%11)[nH]c%11ccccc%11%13)nc%11ccccc%10%11)c9)ccc8c7cc5n6-c5ccccc5)ccc43)nc3ccccc23)cc1. The third-order valence-corrected chi connectivity index (χ3v) is 22.4. The van der Waals surface area contributed by atoms with E-state index < -0.39 is 0 Å². The molecule has 23 aromatic rings. The van der Waals surface area contributed by atoms with E-state index in [4.69, 9.17) is 19.9 Å². The van der Waals surface area contributed by atoms with Gasteiger partial charge in [0.15, 0.2) is 0 Å². The van der Waals surface area contributed by atoms with Crippen LogP contribution in [0.25, 0.3) is 224 Å². The second-order valence-corrected chi connectivity index (χ2v) is 27.7. The number of nitrogens with one attached hydrogen (secondary N) is 2. The van der Waals surface area contributed by atoms with Crippen molar-refractivity contribution >= 4 is 184 Å². The van der Waals surface area contributed by atoms with Crippen LogP contribution in [0.15, 0.2) is 297 Å². The topological polar surface area (TPSA) is 97.9 Å². The average molecular weight is 1290 g/mol. The van der Waals surface area contributed by atoms with Crippen LogP contribution in [0.1, 0.15) is 0 Å². The van der Waals surface area contributed by atoms with E-state index in [1.54, 1.807) is 0 Å². The van der Waals surface area contributed by atoms with Gasteiger partial charge in [-0.05, 0) is 125 Å². The van der Waals surface area contributed by atoms with E-state index in [9.17, 15) is 0 Å². The van der Waals surface area contributed by atoms with Crippen molar-refractivity contribution in [2.24, 2.45) is 0 Å². The molecular formula is C90H51N9S. The molecule has 0 saturated carbocycles. The van der Waals surface area contributed by atoms with E-state index in [1.807, 2.05) is 11.3 Å². The minimum absolute atomic E-state index is 0.622. The highest BCUT2D eigenvalue weighted by atomic mass is 32.1. The van der Waals surface area contributed by atoms with Crippen molar-refractivity contribution in [3.63, 3.8) is 0 Å². The molecule has 462 valence electrons. The number of fused-ring (bicyclic) bond motifs is 26. The lowest BCUT2D eigenvalue weighted by atomic mass is 9.98. The monoisotopic (exact) mass is 1290 g/mol. The Hall–Kier alpha value is -13.3. The maximum absolute atomic E-state index is 5.73. The van der Waals surface area contributed by atoms with Gasteiger partial charge in [-0.15, -0.1) is 11.3 Å². The molecule has 8 heterocycles. The second kappa shape index (κ2) is 20.2. The van der Waals surface area contributed by atoms with Crippen molar-refractivity contribution in [1.29, 1.82) is 0 Å². The molecule has 10 heteroatoms. The first-order valence-electron chi connectivity index (χ1n) is 33.9. The van der Waals surface area contributed by atoms with Gasteiger partial charge in [-0.3, -0.25) is 9.13 Å². The lowest BCUT2D eigenvalue weighted by molar-refractivity contribution is 1.01. The smallest absolute Gasteiger partial charge is 0.235 e. The summed E-state index contributed by atoms with van der Waals surface area (Å²) >= 11 is 1.86. The van der Waals surface area contributed by atoms with Crippen molar-refractivity contribution < 1.29 is 0 Å². The number of hydrogen-bond acceptors (Lipinski definition) is 5. The first-order valence-corrected chi connectivity index (χ1v) is 34.7. The molecule has 23 rings (SSSR count). The summed E-state index contributed by atoms with van der Waals surface area (Å²) in [5.41, 5.74) is 19.7. The number of aromatic nitrogens is 9. The zero-order valence-electron chi connectivity index (χ0n) is 53.3. The second-order valence-electron chi connectivity index (χ2n) is 26.6. The predicted octanol–water partition coefficient (Wildman–Crippen LogP) is 23.8. The van der Waals surface area contributed by atoms with E-state index in [0.717, 1.165) is 149 Å². The standard InChI is InChI=1S/C90H51N9S/c1-3-18-52(19-4-1)87-59-25-8-13-30-68(59)93-89(95-87)98-73-32-15-10-27-61(73)83-75(98)41-36-50-35-40-74-84(81(50)83)65-46-72-64(48-77(65)97(74)56-22-5-2-6-23-56)58-39-34-54(45-70(58)92-72)53-20-17-21-55(44-53)88-60-26-9-14-31-69(60)94-90(96-88)99-76-42-37-51-38-43-80-86(62-28-11-16-33-79(62)100-80)82(51)85(76)66-47-71-63(49-78(66)99)57-24-7-12-29-67(57)91-71/h1-49,91-92H. The number of thiophene rings is 1. The highest BCUT2D eigenvalue weighted by Gasteiger charge is 2.26. The molecule has 0 spiro atoms. The van der Waals surface area contributed by atoms with Gasteiger partial charge >= 0.3 is 0 Å². The fraction of sp³-hybridized carbons (Fsp3) is 0. The summed E-state index contributed by atoms with van der Waals surface area (Å²) in [7, 11) is 0. The largest absolute Gasteiger partial charge is 0.354 e. The third-order valence-electron chi connectivity index (χ3n) is 21.3. The molecule has 0 unspecified atom stereocenters. The Balaban J connectivity index is 0.704. The fourth-order valence-electron chi connectivity index (χ4n) is 16.9. The molecule has 9 nitrogen and oxygen atoms in total. The van der Waals surface area contributed by atoms with E-state index in [0.29, 0.717) is 11.9 Å². The number of rotatable bonds is 6. The van der Waals surface area contributed by atoms with E-state index >= 15 is 0 Å². The first-order chi connectivity index (χ1) is 49.6. The van der Waals surface area contributed by atoms with E-state index in [1.165, 1.54) is 63.3 Å². The first kappa shape index (κ1) is 53.9. The van der Waals surface area contributed by atoms with Crippen LogP contribution in [-0.2, 0) is 0 Å². The fourth-order valence-corrected chi connectivity index (χ4v) is 18.1. The third kappa shape index (κ3) is 7.54. The molecule has 2 N–H and O–H groups in total. The molecule has 0 atom stereocenters. The van der Waals surface area contributed by atoms with Gasteiger partial charge < -0.3 is 14.5 Å². The maximum atomic E-state index is 5.73. The lowest BCUT2D eigenvalue weighted by Crippen LogP contribution is -2.03. The van der Waals surface area contributed by atoms with Crippen molar-refractivity contribution in [3.8, 4) is 51.2 Å². The summed E-state index contributed by atoms with van der Waals surface area (Å²) in [5.74, 6) is 1.26. The lowest BCUT2D eigenvalue weighted by Gasteiger charge is -2.13. The minimum Gasteiger partial charge on any atom is -0.354 e. The summed E-state index contributed by atoms with van der Waals surface area (Å²) in [5, 5.41) is 21.0.